The molecule has 29 heavy (non-hydrogen) atoms. The molecule has 0 bridgehead atoms. The number of nitrogens with two attached hydrogens (primary N) is 1. The van der Waals surface area contributed by atoms with Crippen molar-refractivity contribution in [3.05, 3.63) is 59.7 Å². The number of hydrogen-bond acceptors (Lipinski definition) is 4. The Bertz CT molecular complexity index is 950. The summed E-state index contributed by atoms with van der Waals surface area (Å²) in [5, 5.41) is 1.09. The maximum absolute atomic E-state index is 12.7. The Morgan fingerprint density at radius 1 is 1.17 bits per heavy atom. The van der Waals surface area contributed by atoms with E-state index in [0.29, 0.717) is 17.2 Å². The molecular formula is C24H31N3O2. The maximum atomic E-state index is 12.7. The molecule has 0 radical (unpaired) electrons. The number of rotatable bonds is 8. The van der Waals surface area contributed by atoms with E-state index in [2.05, 4.69) is 11.8 Å². The molecule has 0 unspecified atom stereocenters. The average molecular weight is 394 g/mol. The standard InChI is InChI=1S/C24H31N3O2/c1-2-3-4-5-12-26-13-10-18(11-14-26)21-17-27(25)22-9-8-19(16-20(21)22)24(28)23-7-6-15-29-23/h6-9,15-18H,2-5,10-14,25H2,1H3. The molecule has 0 aliphatic carbocycles. The predicted octanol–water partition coefficient (Wildman–Crippen LogP) is 4.94. The first kappa shape index (κ1) is 19.8. The van der Waals surface area contributed by atoms with Gasteiger partial charge in [-0.2, -0.15) is 0 Å². The lowest BCUT2D eigenvalue weighted by Crippen LogP contribution is -2.33. The minimum atomic E-state index is -0.0884. The van der Waals surface area contributed by atoms with Crippen molar-refractivity contribution < 1.29 is 9.21 Å². The molecule has 1 aliphatic rings. The van der Waals surface area contributed by atoms with Gasteiger partial charge in [-0.15, -0.1) is 0 Å². The Hall–Kier alpha value is -2.53. The number of nitrogen functional groups attached to an aromatic ring is 1. The first-order valence-corrected chi connectivity index (χ1v) is 10.9. The fraction of sp³-hybridized carbons (Fsp3) is 0.458. The van der Waals surface area contributed by atoms with Gasteiger partial charge < -0.3 is 15.2 Å². The number of unbranched alkanes of at least 4 members (excludes halogenated alkanes) is 3. The van der Waals surface area contributed by atoms with Crippen LogP contribution in [0.3, 0.4) is 0 Å². The fourth-order valence-electron chi connectivity index (χ4n) is 4.53. The summed E-state index contributed by atoms with van der Waals surface area (Å²) in [6.45, 7) is 5.75. The second-order valence-corrected chi connectivity index (χ2v) is 8.21. The summed E-state index contributed by atoms with van der Waals surface area (Å²) in [6.07, 6.45) is 11.1. The number of piperidine rings is 1. The van der Waals surface area contributed by atoms with Gasteiger partial charge in [-0.1, -0.05) is 26.2 Å². The molecule has 3 aromatic rings. The number of carbonyl (C=O) groups excluding carboxylic acids is 1. The summed E-state index contributed by atoms with van der Waals surface area (Å²) >= 11 is 0. The topological polar surface area (TPSA) is 64.4 Å². The van der Waals surface area contributed by atoms with Gasteiger partial charge in [0, 0.05) is 17.1 Å². The van der Waals surface area contributed by atoms with Gasteiger partial charge in [0.25, 0.3) is 0 Å². The van der Waals surface area contributed by atoms with E-state index in [1.54, 1.807) is 16.8 Å². The fourth-order valence-corrected chi connectivity index (χ4v) is 4.53. The van der Waals surface area contributed by atoms with Crippen molar-refractivity contribution in [2.24, 2.45) is 0 Å². The number of aromatic nitrogens is 1. The van der Waals surface area contributed by atoms with Gasteiger partial charge in [0.2, 0.25) is 5.78 Å². The Balaban J connectivity index is 1.49. The third-order valence-corrected chi connectivity index (χ3v) is 6.23. The smallest absolute Gasteiger partial charge is 0.228 e. The summed E-state index contributed by atoms with van der Waals surface area (Å²) in [5.41, 5.74) is 2.88. The molecule has 5 heteroatoms. The molecule has 0 atom stereocenters. The van der Waals surface area contributed by atoms with Crippen LogP contribution in [0.15, 0.2) is 47.2 Å². The second kappa shape index (κ2) is 8.87. The van der Waals surface area contributed by atoms with Crippen molar-refractivity contribution in [3.8, 4) is 0 Å². The van der Waals surface area contributed by atoms with E-state index >= 15 is 0 Å². The quantitative estimate of drug-likeness (QED) is 0.334. The van der Waals surface area contributed by atoms with E-state index in [1.165, 1.54) is 44.1 Å². The van der Waals surface area contributed by atoms with Crippen LogP contribution >= 0.6 is 0 Å². The number of fused-ring (bicyclic) bond motifs is 1. The number of ketones is 1. The Morgan fingerprint density at radius 2 is 2.00 bits per heavy atom. The summed E-state index contributed by atoms with van der Waals surface area (Å²) in [4.78, 5) is 15.3. The molecule has 2 N–H and O–H groups in total. The molecule has 0 amide bonds. The lowest BCUT2D eigenvalue weighted by Gasteiger charge is -2.32. The minimum Gasteiger partial charge on any atom is -0.461 e. The summed E-state index contributed by atoms with van der Waals surface area (Å²) in [5.74, 6) is 7.00. The van der Waals surface area contributed by atoms with E-state index in [0.717, 1.165) is 36.8 Å². The average Bonchev–Trinajstić information content (AvgIpc) is 3.40. The van der Waals surface area contributed by atoms with E-state index in [1.807, 2.05) is 24.4 Å². The third-order valence-electron chi connectivity index (χ3n) is 6.23. The molecule has 1 aliphatic heterocycles. The number of carbonyl (C=O) groups is 1. The van der Waals surface area contributed by atoms with Crippen LogP contribution in [0.5, 0.6) is 0 Å². The zero-order chi connectivity index (χ0) is 20.2. The molecular weight excluding hydrogens is 362 g/mol. The molecule has 1 saturated heterocycles. The zero-order valence-corrected chi connectivity index (χ0v) is 17.3. The Kier molecular flexibility index (Phi) is 6.05. The molecule has 1 aromatic carbocycles. The van der Waals surface area contributed by atoms with Crippen molar-refractivity contribution in [2.45, 2.75) is 51.4 Å². The van der Waals surface area contributed by atoms with E-state index in [-0.39, 0.29) is 5.78 Å². The molecule has 154 valence electrons. The SMILES string of the molecule is CCCCCCN1CCC(c2cn(N)c3ccc(C(=O)c4ccco4)cc23)CC1. The van der Waals surface area contributed by atoms with Crippen molar-refractivity contribution in [2.75, 3.05) is 25.5 Å². The van der Waals surface area contributed by atoms with Crippen LogP contribution in [0.25, 0.3) is 10.9 Å². The van der Waals surface area contributed by atoms with Crippen LogP contribution in [-0.4, -0.2) is 35.0 Å². The number of nitrogens with zero attached hydrogens (tertiary/aromatic N) is 2. The van der Waals surface area contributed by atoms with Gasteiger partial charge in [0.15, 0.2) is 5.76 Å². The summed E-state index contributed by atoms with van der Waals surface area (Å²) < 4.78 is 6.99. The van der Waals surface area contributed by atoms with Crippen LogP contribution in [0.4, 0.5) is 0 Å². The van der Waals surface area contributed by atoms with Crippen LogP contribution in [0.1, 0.15) is 73.0 Å². The minimum absolute atomic E-state index is 0.0884. The molecule has 0 saturated carbocycles. The van der Waals surface area contributed by atoms with Crippen LogP contribution in [0, 0.1) is 0 Å². The highest BCUT2D eigenvalue weighted by Crippen LogP contribution is 2.34. The highest BCUT2D eigenvalue weighted by molar-refractivity contribution is 6.09. The van der Waals surface area contributed by atoms with E-state index in [4.69, 9.17) is 10.3 Å². The van der Waals surface area contributed by atoms with Crippen molar-refractivity contribution in [3.63, 3.8) is 0 Å². The van der Waals surface area contributed by atoms with Gasteiger partial charge in [0.05, 0.1) is 11.8 Å². The molecule has 3 heterocycles. The third kappa shape index (κ3) is 4.25. The Morgan fingerprint density at radius 3 is 2.72 bits per heavy atom. The van der Waals surface area contributed by atoms with Crippen LogP contribution in [0.2, 0.25) is 0 Å². The largest absolute Gasteiger partial charge is 0.461 e. The molecule has 0 spiro atoms. The lowest BCUT2D eigenvalue weighted by atomic mass is 9.88. The summed E-state index contributed by atoms with van der Waals surface area (Å²) in [6, 6.07) is 9.20. The molecule has 1 fully saturated rings. The van der Waals surface area contributed by atoms with E-state index in [9.17, 15) is 4.79 Å². The van der Waals surface area contributed by atoms with Crippen molar-refractivity contribution in [1.29, 1.82) is 0 Å². The number of hydrogen-bond donors (Lipinski definition) is 1. The molecule has 5 nitrogen and oxygen atoms in total. The lowest BCUT2D eigenvalue weighted by molar-refractivity contribution is 0.101. The number of benzene rings is 1. The zero-order valence-electron chi connectivity index (χ0n) is 17.3. The van der Waals surface area contributed by atoms with Crippen molar-refractivity contribution in [1.82, 2.24) is 9.58 Å². The van der Waals surface area contributed by atoms with Gasteiger partial charge in [-0.25, -0.2) is 0 Å². The van der Waals surface area contributed by atoms with Crippen LogP contribution in [-0.2, 0) is 0 Å². The first-order valence-electron chi connectivity index (χ1n) is 10.9. The maximum Gasteiger partial charge on any atom is 0.228 e. The number of likely N-dealkylation sites (tertiary alicyclic amines) is 1. The highest BCUT2D eigenvalue weighted by Gasteiger charge is 2.24. The number of furan rings is 1. The van der Waals surface area contributed by atoms with Gasteiger partial charge in [0.1, 0.15) is 0 Å². The van der Waals surface area contributed by atoms with Gasteiger partial charge >= 0.3 is 0 Å². The molecule has 2 aromatic heterocycles. The van der Waals surface area contributed by atoms with Gasteiger partial charge in [-0.3, -0.25) is 9.47 Å². The second-order valence-electron chi connectivity index (χ2n) is 8.21. The first-order chi connectivity index (χ1) is 14.2. The molecule has 4 rings (SSSR count). The highest BCUT2D eigenvalue weighted by atomic mass is 16.3. The Labute approximate surface area is 172 Å². The van der Waals surface area contributed by atoms with Crippen LogP contribution < -0.4 is 5.84 Å². The normalized spacial score (nSPS) is 15.9. The predicted molar refractivity (Wildman–Crippen MR) is 117 cm³/mol. The van der Waals surface area contributed by atoms with Crippen molar-refractivity contribution >= 4 is 16.7 Å². The van der Waals surface area contributed by atoms with Gasteiger partial charge in [-0.05, 0) is 80.7 Å². The monoisotopic (exact) mass is 393 g/mol. The summed E-state index contributed by atoms with van der Waals surface area (Å²) in [7, 11) is 0. The van der Waals surface area contributed by atoms with E-state index < -0.39 is 0 Å².